The molecule has 1 aromatic rings. The van der Waals surface area contributed by atoms with E-state index in [4.69, 9.17) is 4.42 Å². The maximum atomic E-state index is 11.9. The highest BCUT2D eigenvalue weighted by atomic mass is 16.3. The number of carbonyl (C=O) groups excluding carboxylic acids is 1. The zero-order valence-electron chi connectivity index (χ0n) is 9.69. The Morgan fingerprint density at radius 3 is 3.06 bits per heavy atom. The van der Waals surface area contributed by atoms with Gasteiger partial charge in [0.05, 0.1) is 18.3 Å². The second kappa shape index (κ2) is 4.70. The Morgan fingerprint density at radius 1 is 1.69 bits per heavy atom. The van der Waals surface area contributed by atoms with Crippen LogP contribution in [0.15, 0.2) is 22.8 Å². The summed E-state index contributed by atoms with van der Waals surface area (Å²) in [6, 6.07) is 3.57. The van der Waals surface area contributed by atoms with E-state index >= 15 is 0 Å². The van der Waals surface area contributed by atoms with E-state index < -0.39 is 0 Å². The predicted molar refractivity (Wildman–Crippen MR) is 60.8 cm³/mol. The van der Waals surface area contributed by atoms with Crippen LogP contribution in [0.25, 0.3) is 0 Å². The van der Waals surface area contributed by atoms with Crippen LogP contribution in [0.3, 0.4) is 0 Å². The molecule has 2 rings (SSSR count). The largest absolute Gasteiger partial charge is 0.467 e. The molecule has 1 amide bonds. The smallest absolute Gasteiger partial charge is 0.237 e. The minimum absolute atomic E-state index is 0.0580. The molecule has 1 saturated heterocycles. The maximum absolute atomic E-state index is 11.9. The monoisotopic (exact) mass is 222 g/mol. The lowest BCUT2D eigenvalue weighted by Gasteiger charge is -2.18. The quantitative estimate of drug-likeness (QED) is 0.814. The van der Waals surface area contributed by atoms with Crippen LogP contribution in [-0.2, 0) is 4.79 Å². The Kier molecular flexibility index (Phi) is 3.29. The van der Waals surface area contributed by atoms with Crippen LogP contribution in [0, 0.1) is 5.92 Å². The number of furan rings is 1. The summed E-state index contributed by atoms with van der Waals surface area (Å²) in [4.78, 5) is 11.9. The molecule has 3 atom stereocenters. The molecule has 2 N–H and O–H groups in total. The summed E-state index contributed by atoms with van der Waals surface area (Å²) in [6.07, 6.45) is 2.68. The van der Waals surface area contributed by atoms with Crippen molar-refractivity contribution in [2.45, 2.75) is 32.4 Å². The number of carbonyl (C=O) groups is 1. The van der Waals surface area contributed by atoms with Gasteiger partial charge in [-0.15, -0.1) is 0 Å². The molecule has 0 aromatic carbocycles. The lowest BCUT2D eigenvalue weighted by molar-refractivity contribution is -0.124. The Labute approximate surface area is 95.4 Å². The third kappa shape index (κ3) is 2.27. The average molecular weight is 222 g/mol. The predicted octanol–water partition coefficient (Wildman–Crippen LogP) is 1.45. The van der Waals surface area contributed by atoms with Crippen LogP contribution in [-0.4, -0.2) is 18.5 Å². The molecule has 0 bridgehead atoms. The van der Waals surface area contributed by atoms with E-state index in [9.17, 15) is 4.79 Å². The van der Waals surface area contributed by atoms with Crippen LogP contribution in [0.5, 0.6) is 0 Å². The highest BCUT2D eigenvalue weighted by molar-refractivity contribution is 5.82. The van der Waals surface area contributed by atoms with Crippen molar-refractivity contribution in [3.8, 4) is 0 Å². The fourth-order valence-electron chi connectivity index (χ4n) is 2.10. The standard InChI is InChI=1S/C12H18N2O2/c1-8-5-6-13-11(8)12(15)14-9(2)10-4-3-7-16-10/h3-4,7-9,11,13H,5-6H2,1-2H3,(H,14,15)/t8?,9-,11?/m1/s1. The van der Waals surface area contributed by atoms with Gasteiger partial charge in [-0.1, -0.05) is 6.92 Å². The van der Waals surface area contributed by atoms with Crippen LogP contribution in [0.4, 0.5) is 0 Å². The number of hydrogen-bond acceptors (Lipinski definition) is 3. The molecular formula is C12H18N2O2. The van der Waals surface area contributed by atoms with E-state index in [-0.39, 0.29) is 18.0 Å². The first kappa shape index (κ1) is 11.2. The van der Waals surface area contributed by atoms with Gasteiger partial charge in [-0.05, 0) is 37.9 Å². The van der Waals surface area contributed by atoms with Gasteiger partial charge in [-0.3, -0.25) is 4.79 Å². The van der Waals surface area contributed by atoms with E-state index in [0.717, 1.165) is 18.7 Å². The summed E-state index contributed by atoms with van der Waals surface area (Å²) in [7, 11) is 0. The normalized spacial score (nSPS) is 26.6. The Hall–Kier alpha value is -1.29. The topological polar surface area (TPSA) is 54.3 Å². The van der Waals surface area contributed by atoms with E-state index in [0.29, 0.717) is 5.92 Å². The van der Waals surface area contributed by atoms with Gasteiger partial charge < -0.3 is 15.1 Å². The average Bonchev–Trinajstić information content (AvgIpc) is 2.86. The minimum atomic E-state index is -0.0721. The van der Waals surface area contributed by atoms with Gasteiger partial charge in [-0.25, -0.2) is 0 Å². The summed E-state index contributed by atoms with van der Waals surface area (Å²) in [5.41, 5.74) is 0. The lowest BCUT2D eigenvalue weighted by Crippen LogP contribution is -2.44. The zero-order chi connectivity index (χ0) is 11.5. The van der Waals surface area contributed by atoms with Gasteiger partial charge in [0.25, 0.3) is 0 Å². The zero-order valence-corrected chi connectivity index (χ0v) is 9.69. The van der Waals surface area contributed by atoms with E-state index in [1.165, 1.54) is 0 Å². The van der Waals surface area contributed by atoms with Crippen LogP contribution in [0.1, 0.15) is 32.1 Å². The van der Waals surface area contributed by atoms with Crippen molar-refractivity contribution >= 4 is 5.91 Å². The third-order valence-electron chi connectivity index (χ3n) is 3.14. The van der Waals surface area contributed by atoms with Crippen LogP contribution < -0.4 is 10.6 Å². The first-order chi connectivity index (χ1) is 7.68. The second-order valence-corrected chi connectivity index (χ2v) is 4.44. The summed E-state index contributed by atoms with van der Waals surface area (Å²) in [5.74, 6) is 1.26. The number of amides is 1. The molecule has 0 spiro atoms. The van der Waals surface area contributed by atoms with Gasteiger partial charge in [0.15, 0.2) is 0 Å². The summed E-state index contributed by atoms with van der Waals surface area (Å²) >= 11 is 0. The minimum Gasteiger partial charge on any atom is -0.467 e. The van der Waals surface area contributed by atoms with Crippen LogP contribution >= 0.6 is 0 Å². The molecule has 0 aliphatic carbocycles. The molecule has 1 aromatic heterocycles. The molecule has 2 unspecified atom stereocenters. The molecule has 16 heavy (non-hydrogen) atoms. The highest BCUT2D eigenvalue weighted by Crippen LogP contribution is 2.17. The molecular weight excluding hydrogens is 204 g/mol. The van der Waals surface area contributed by atoms with Crippen LogP contribution in [0.2, 0.25) is 0 Å². The first-order valence-corrected chi connectivity index (χ1v) is 5.75. The third-order valence-corrected chi connectivity index (χ3v) is 3.14. The van der Waals surface area contributed by atoms with Crippen molar-refractivity contribution in [1.82, 2.24) is 10.6 Å². The first-order valence-electron chi connectivity index (χ1n) is 5.75. The Balaban J connectivity index is 1.92. The molecule has 2 heterocycles. The van der Waals surface area contributed by atoms with E-state index in [2.05, 4.69) is 17.6 Å². The second-order valence-electron chi connectivity index (χ2n) is 4.44. The van der Waals surface area contributed by atoms with Gasteiger partial charge in [0.2, 0.25) is 5.91 Å². The summed E-state index contributed by atoms with van der Waals surface area (Å²) in [5, 5.41) is 6.17. The number of nitrogens with one attached hydrogen (secondary N) is 2. The molecule has 1 aliphatic rings. The Morgan fingerprint density at radius 2 is 2.50 bits per heavy atom. The lowest BCUT2D eigenvalue weighted by atomic mass is 10.0. The molecule has 1 fully saturated rings. The summed E-state index contributed by atoms with van der Waals surface area (Å²) in [6.45, 7) is 4.95. The van der Waals surface area contributed by atoms with Gasteiger partial charge in [0, 0.05) is 0 Å². The molecule has 0 saturated carbocycles. The fourth-order valence-corrected chi connectivity index (χ4v) is 2.10. The van der Waals surface area contributed by atoms with Crippen molar-refractivity contribution in [1.29, 1.82) is 0 Å². The van der Waals surface area contributed by atoms with Crippen molar-refractivity contribution < 1.29 is 9.21 Å². The SMILES string of the molecule is CC1CCNC1C(=O)N[C@H](C)c1ccco1. The molecule has 1 aliphatic heterocycles. The molecule has 0 radical (unpaired) electrons. The molecule has 88 valence electrons. The van der Waals surface area contributed by atoms with Gasteiger partial charge in [0.1, 0.15) is 5.76 Å². The van der Waals surface area contributed by atoms with E-state index in [1.54, 1.807) is 6.26 Å². The van der Waals surface area contributed by atoms with Crippen molar-refractivity contribution in [2.75, 3.05) is 6.54 Å². The van der Waals surface area contributed by atoms with Crippen molar-refractivity contribution in [2.24, 2.45) is 5.92 Å². The van der Waals surface area contributed by atoms with Gasteiger partial charge in [-0.2, -0.15) is 0 Å². The van der Waals surface area contributed by atoms with E-state index in [1.807, 2.05) is 19.1 Å². The molecule has 4 heteroatoms. The maximum Gasteiger partial charge on any atom is 0.237 e. The van der Waals surface area contributed by atoms with Crippen molar-refractivity contribution in [3.05, 3.63) is 24.2 Å². The number of rotatable bonds is 3. The van der Waals surface area contributed by atoms with Gasteiger partial charge >= 0.3 is 0 Å². The van der Waals surface area contributed by atoms with Crippen molar-refractivity contribution in [3.63, 3.8) is 0 Å². The fraction of sp³-hybridized carbons (Fsp3) is 0.583. The molecule has 4 nitrogen and oxygen atoms in total. The Bertz CT molecular complexity index is 348. The summed E-state index contributed by atoms with van der Waals surface area (Å²) < 4.78 is 5.25. The highest BCUT2D eigenvalue weighted by Gasteiger charge is 2.30. The number of hydrogen-bond donors (Lipinski definition) is 2.